The SMILES string of the molecule is CCOc1ccc(C2(CNCC(C)C)CC2CC)cc1. The van der Waals surface area contributed by atoms with Crippen LogP contribution in [0.3, 0.4) is 0 Å². The lowest BCUT2D eigenvalue weighted by molar-refractivity contribution is 0.340. The van der Waals surface area contributed by atoms with Gasteiger partial charge in [0.1, 0.15) is 5.75 Å². The summed E-state index contributed by atoms with van der Waals surface area (Å²) in [6.45, 7) is 11.8. The molecule has 0 aromatic heterocycles. The lowest BCUT2D eigenvalue weighted by atomic mass is 9.92. The second kappa shape index (κ2) is 6.62. The maximum Gasteiger partial charge on any atom is 0.119 e. The first-order valence-corrected chi connectivity index (χ1v) is 8.06. The van der Waals surface area contributed by atoms with Gasteiger partial charge in [0.2, 0.25) is 0 Å². The fourth-order valence-corrected chi connectivity index (χ4v) is 3.22. The molecule has 1 N–H and O–H groups in total. The molecule has 2 rings (SSSR count). The predicted octanol–water partition coefficient (Wildman–Crippen LogP) is 4.00. The molecule has 2 unspecified atom stereocenters. The molecule has 2 nitrogen and oxygen atoms in total. The number of hydrogen-bond acceptors (Lipinski definition) is 2. The van der Waals surface area contributed by atoms with E-state index in [1.165, 1.54) is 18.4 Å². The van der Waals surface area contributed by atoms with Crippen molar-refractivity contribution in [3.05, 3.63) is 29.8 Å². The summed E-state index contributed by atoms with van der Waals surface area (Å²) in [6.07, 6.45) is 2.60. The van der Waals surface area contributed by atoms with Crippen LogP contribution in [0.1, 0.15) is 46.1 Å². The summed E-state index contributed by atoms with van der Waals surface area (Å²) in [5.74, 6) is 2.53. The molecule has 1 fully saturated rings. The van der Waals surface area contributed by atoms with Gasteiger partial charge in [0, 0.05) is 12.0 Å². The van der Waals surface area contributed by atoms with E-state index in [1.54, 1.807) is 0 Å². The Labute approximate surface area is 123 Å². The molecular formula is C18H29NO. The minimum Gasteiger partial charge on any atom is -0.494 e. The minimum atomic E-state index is 0.369. The third-order valence-electron chi connectivity index (χ3n) is 4.46. The Kier molecular flexibility index (Phi) is 5.09. The highest BCUT2D eigenvalue weighted by Crippen LogP contribution is 2.55. The maximum atomic E-state index is 5.54. The first-order chi connectivity index (χ1) is 9.62. The molecule has 0 radical (unpaired) electrons. The Morgan fingerprint density at radius 3 is 2.45 bits per heavy atom. The van der Waals surface area contributed by atoms with E-state index < -0.39 is 0 Å². The monoisotopic (exact) mass is 275 g/mol. The van der Waals surface area contributed by atoms with Gasteiger partial charge < -0.3 is 10.1 Å². The van der Waals surface area contributed by atoms with Gasteiger partial charge in [0.15, 0.2) is 0 Å². The van der Waals surface area contributed by atoms with Crippen LogP contribution in [-0.2, 0) is 5.41 Å². The molecule has 1 aliphatic rings. The standard InChI is InChI=1S/C18H29NO/c1-5-15-11-18(15,13-19-12-14(3)4)16-7-9-17(10-8-16)20-6-2/h7-10,14-15,19H,5-6,11-13H2,1-4H3. The van der Waals surface area contributed by atoms with Crippen LogP contribution in [-0.4, -0.2) is 19.7 Å². The fraction of sp³-hybridized carbons (Fsp3) is 0.667. The van der Waals surface area contributed by atoms with Crippen molar-refractivity contribution in [1.29, 1.82) is 0 Å². The normalized spacial score (nSPS) is 24.9. The largest absolute Gasteiger partial charge is 0.494 e. The van der Waals surface area contributed by atoms with Gasteiger partial charge in [0.25, 0.3) is 0 Å². The smallest absolute Gasteiger partial charge is 0.119 e. The van der Waals surface area contributed by atoms with Crippen LogP contribution in [0.4, 0.5) is 0 Å². The Hall–Kier alpha value is -1.02. The highest BCUT2D eigenvalue weighted by Gasteiger charge is 2.53. The van der Waals surface area contributed by atoms with Crippen LogP contribution in [0.5, 0.6) is 5.75 Å². The van der Waals surface area contributed by atoms with E-state index in [4.69, 9.17) is 4.74 Å². The number of benzene rings is 1. The molecule has 0 bridgehead atoms. The zero-order valence-electron chi connectivity index (χ0n) is 13.4. The van der Waals surface area contributed by atoms with Crippen LogP contribution in [0.2, 0.25) is 0 Å². The first kappa shape index (κ1) is 15.4. The van der Waals surface area contributed by atoms with Gasteiger partial charge in [-0.25, -0.2) is 0 Å². The van der Waals surface area contributed by atoms with Gasteiger partial charge in [-0.15, -0.1) is 0 Å². The van der Waals surface area contributed by atoms with Crippen LogP contribution >= 0.6 is 0 Å². The van der Waals surface area contributed by atoms with Crippen molar-refractivity contribution in [1.82, 2.24) is 5.32 Å². The van der Waals surface area contributed by atoms with Gasteiger partial charge >= 0.3 is 0 Å². The Bertz CT molecular complexity index is 412. The second-order valence-corrected chi connectivity index (χ2v) is 6.45. The van der Waals surface area contributed by atoms with Gasteiger partial charge in [-0.3, -0.25) is 0 Å². The zero-order chi connectivity index (χ0) is 14.6. The fourth-order valence-electron chi connectivity index (χ4n) is 3.22. The molecule has 1 aromatic rings. The van der Waals surface area contributed by atoms with Crippen LogP contribution in [0.25, 0.3) is 0 Å². The van der Waals surface area contributed by atoms with Gasteiger partial charge in [-0.05, 0) is 49.4 Å². The van der Waals surface area contributed by atoms with Gasteiger partial charge in [-0.2, -0.15) is 0 Å². The van der Waals surface area contributed by atoms with Crippen LogP contribution in [0.15, 0.2) is 24.3 Å². The highest BCUT2D eigenvalue weighted by molar-refractivity contribution is 5.38. The van der Waals surface area contributed by atoms with Crippen molar-refractivity contribution in [3.8, 4) is 5.75 Å². The van der Waals surface area contributed by atoms with Gasteiger partial charge in [-0.1, -0.05) is 39.3 Å². The van der Waals surface area contributed by atoms with Crippen LogP contribution < -0.4 is 10.1 Å². The summed E-state index contributed by atoms with van der Waals surface area (Å²) in [5, 5.41) is 3.66. The summed E-state index contributed by atoms with van der Waals surface area (Å²) in [5.41, 5.74) is 1.85. The molecule has 0 amide bonds. The lowest BCUT2D eigenvalue weighted by Crippen LogP contribution is -2.31. The minimum absolute atomic E-state index is 0.369. The number of rotatable bonds is 8. The number of ether oxygens (including phenoxy) is 1. The second-order valence-electron chi connectivity index (χ2n) is 6.45. The van der Waals surface area contributed by atoms with E-state index in [0.29, 0.717) is 11.3 Å². The average molecular weight is 275 g/mol. The third-order valence-corrected chi connectivity index (χ3v) is 4.46. The zero-order valence-corrected chi connectivity index (χ0v) is 13.4. The van der Waals surface area contributed by atoms with Crippen molar-refractivity contribution in [2.75, 3.05) is 19.7 Å². The average Bonchev–Trinajstić information content (AvgIpc) is 3.14. The molecule has 1 aliphatic carbocycles. The van der Waals surface area contributed by atoms with Crippen molar-refractivity contribution >= 4 is 0 Å². The Balaban J connectivity index is 2.04. The Morgan fingerprint density at radius 1 is 1.25 bits per heavy atom. The topological polar surface area (TPSA) is 21.3 Å². The van der Waals surface area contributed by atoms with Crippen molar-refractivity contribution in [2.24, 2.45) is 11.8 Å². The van der Waals surface area contributed by atoms with Crippen molar-refractivity contribution in [2.45, 2.75) is 46.0 Å². The van der Waals surface area contributed by atoms with E-state index in [9.17, 15) is 0 Å². The number of hydrogen-bond donors (Lipinski definition) is 1. The molecule has 0 spiro atoms. The third kappa shape index (κ3) is 3.35. The highest BCUT2D eigenvalue weighted by atomic mass is 16.5. The van der Waals surface area contributed by atoms with E-state index in [0.717, 1.165) is 31.4 Å². The molecule has 1 aromatic carbocycles. The van der Waals surface area contributed by atoms with E-state index in [-0.39, 0.29) is 0 Å². The molecule has 2 atom stereocenters. The lowest BCUT2D eigenvalue weighted by Gasteiger charge is -2.20. The predicted molar refractivity (Wildman–Crippen MR) is 85.4 cm³/mol. The summed E-state index contributed by atoms with van der Waals surface area (Å²) in [4.78, 5) is 0. The summed E-state index contributed by atoms with van der Waals surface area (Å²) < 4.78 is 5.54. The molecule has 20 heavy (non-hydrogen) atoms. The quantitative estimate of drug-likeness (QED) is 0.774. The molecule has 112 valence electrons. The van der Waals surface area contributed by atoms with Crippen molar-refractivity contribution in [3.63, 3.8) is 0 Å². The van der Waals surface area contributed by atoms with E-state index in [2.05, 4.69) is 50.4 Å². The molecule has 2 heteroatoms. The molecule has 0 saturated heterocycles. The van der Waals surface area contributed by atoms with E-state index >= 15 is 0 Å². The van der Waals surface area contributed by atoms with Gasteiger partial charge in [0.05, 0.1) is 6.61 Å². The summed E-state index contributed by atoms with van der Waals surface area (Å²) in [6, 6.07) is 8.76. The van der Waals surface area contributed by atoms with E-state index in [1.807, 2.05) is 6.92 Å². The van der Waals surface area contributed by atoms with Crippen LogP contribution in [0, 0.1) is 11.8 Å². The molecular weight excluding hydrogens is 246 g/mol. The first-order valence-electron chi connectivity index (χ1n) is 8.06. The summed E-state index contributed by atoms with van der Waals surface area (Å²) in [7, 11) is 0. The summed E-state index contributed by atoms with van der Waals surface area (Å²) >= 11 is 0. The maximum absolute atomic E-state index is 5.54. The Morgan fingerprint density at radius 2 is 1.95 bits per heavy atom. The molecule has 0 heterocycles. The van der Waals surface area contributed by atoms with Crippen molar-refractivity contribution < 1.29 is 4.74 Å². The molecule has 1 saturated carbocycles. The number of nitrogens with one attached hydrogen (secondary N) is 1. The molecule has 0 aliphatic heterocycles.